The van der Waals surface area contributed by atoms with Crippen molar-refractivity contribution in [2.45, 2.75) is 75.4 Å². The molecular formula is C38H42ClN3O4S. The molecule has 0 aliphatic heterocycles. The average Bonchev–Trinajstić information content (AvgIpc) is 3.10. The average molecular weight is 672 g/mol. The molecule has 1 atom stereocenters. The van der Waals surface area contributed by atoms with Gasteiger partial charge in [0.25, 0.3) is 10.0 Å². The van der Waals surface area contributed by atoms with Gasteiger partial charge in [-0.1, -0.05) is 123 Å². The molecule has 246 valence electrons. The molecule has 4 aromatic rings. The topological polar surface area (TPSA) is 86.8 Å². The predicted molar refractivity (Wildman–Crippen MR) is 188 cm³/mol. The van der Waals surface area contributed by atoms with E-state index in [1.54, 1.807) is 36.4 Å². The first-order valence-corrected chi connectivity index (χ1v) is 18.1. The molecular weight excluding hydrogens is 630 g/mol. The lowest BCUT2D eigenvalue weighted by Gasteiger charge is -2.35. The fraction of sp³-hybridized carbons (Fsp3) is 0.316. The summed E-state index contributed by atoms with van der Waals surface area (Å²) in [6, 6.07) is 31.3. The first kappa shape index (κ1) is 34.2. The number of benzene rings is 4. The first-order valence-electron chi connectivity index (χ1n) is 16.3. The number of amides is 2. The van der Waals surface area contributed by atoms with Crippen LogP contribution in [0.25, 0.3) is 0 Å². The van der Waals surface area contributed by atoms with Crippen LogP contribution in [0.1, 0.15) is 55.7 Å². The van der Waals surface area contributed by atoms with Crippen LogP contribution in [0.5, 0.6) is 0 Å². The second-order valence-electron chi connectivity index (χ2n) is 12.0. The Balaban J connectivity index is 1.58. The predicted octanol–water partition coefficient (Wildman–Crippen LogP) is 7.19. The van der Waals surface area contributed by atoms with Crippen molar-refractivity contribution in [2.24, 2.45) is 0 Å². The molecule has 1 fully saturated rings. The summed E-state index contributed by atoms with van der Waals surface area (Å²) in [5, 5.41) is 3.70. The number of para-hydroxylation sites is 1. The van der Waals surface area contributed by atoms with Crippen molar-refractivity contribution in [3.05, 3.63) is 131 Å². The van der Waals surface area contributed by atoms with Gasteiger partial charge in [0.2, 0.25) is 11.8 Å². The maximum absolute atomic E-state index is 14.7. The number of anilines is 1. The minimum Gasteiger partial charge on any atom is -0.352 e. The first-order chi connectivity index (χ1) is 22.8. The van der Waals surface area contributed by atoms with E-state index in [1.807, 2.05) is 67.6 Å². The molecule has 0 radical (unpaired) electrons. The normalized spacial score (nSPS) is 14.3. The number of hydrogen-bond donors (Lipinski definition) is 1. The number of hydrogen-bond acceptors (Lipinski definition) is 4. The van der Waals surface area contributed by atoms with Crippen LogP contribution >= 0.6 is 11.6 Å². The van der Waals surface area contributed by atoms with Crippen molar-refractivity contribution in [1.29, 1.82) is 0 Å². The highest BCUT2D eigenvalue weighted by molar-refractivity contribution is 7.92. The number of sulfonamides is 1. The third-order valence-corrected chi connectivity index (χ3v) is 10.9. The molecule has 0 bridgehead atoms. The van der Waals surface area contributed by atoms with Crippen LogP contribution in [0, 0.1) is 0 Å². The Morgan fingerprint density at radius 1 is 0.809 bits per heavy atom. The maximum atomic E-state index is 14.7. The van der Waals surface area contributed by atoms with E-state index in [9.17, 15) is 18.0 Å². The van der Waals surface area contributed by atoms with E-state index in [1.165, 1.54) is 21.3 Å². The zero-order valence-electron chi connectivity index (χ0n) is 26.7. The fourth-order valence-electron chi connectivity index (χ4n) is 6.19. The molecule has 1 N–H and O–H groups in total. The lowest BCUT2D eigenvalue weighted by Crippen LogP contribution is -2.55. The third-order valence-electron chi connectivity index (χ3n) is 8.77. The summed E-state index contributed by atoms with van der Waals surface area (Å²) in [6.45, 7) is 1.48. The van der Waals surface area contributed by atoms with Crippen LogP contribution in [0.3, 0.4) is 0 Å². The van der Waals surface area contributed by atoms with Crippen molar-refractivity contribution in [3.63, 3.8) is 0 Å². The highest BCUT2D eigenvalue weighted by Crippen LogP contribution is 2.29. The molecule has 0 saturated heterocycles. The van der Waals surface area contributed by atoms with Crippen LogP contribution in [0.2, 0.25) is 5.02 Å². The number of carbonyl (C=O) groups is 2. The summed E-state index contributed by atoms with van der Waals surface area (Å²) >= 11 is 6.62. The van der Waals surface area contributed by atoms with Gasteiger partial charge in [0.05, 0.1) is 10.6 Å². The fourth-order valence-corrected chi connectivity index (χ4v) is 7.86. The molecule has 2 amide bonds. The summed E-state index contributed by atoms with van der Waals surface area (Å²) in [4.78, 5) is 30.6. The van der Waals surface area contributed by atoms with E-state index < -0.39 is 28.5 Å². The Hall–Kier alpha value is -4.14. The zero-order chi connectivity index (χ0) is 33.2. The van der Waals surface area contributed by atoms with Gasteiger partial charge in [0.1, 0.15) is 12.6 Å². The van der Waals surface area contributed by atoms with Gasteiger partial charge in [-0.3, -0.25) is 13.9 Å². The van der Waals surface area contributed by atoms with E-state index in [-0.39, 0.29) is 29.8 Å². The molecule has 47 heavy (non-hydrogen) atoms. The SMILES string of the molecule is CCc1ccccc1N(CC(=O)N(Cc1ccccc1Cl)[C@@H](Cc1ccccc1)C(=O)NC1CCCCC1)S(=O)(=O)c1ccccc1. The van der Waals surface area contributed by atoms with Crippen LogP contribution in [0.4, 0.5) is 5.69 Å². The lowest BCUT2D eigenvalue weighted by atomic mass is 9.94. The summed E-state index contributed by atoms with van der Waals surface area (Å²) in [7, 11) is -4.16. The van der Waals surface area contributed by atoms with E-state index in [2.05, 4.69) is 5.32 Å². The quantitative estimate of drug-likeness (QED) is 0.163. The van der Waals surface area contributed by atoms with Gasteiger partial charge in [-0.05, 0) is 60.2 Å². The maximum Gasteiger partial charge on any atom is 0.264 e. The van der Waals surface area contributed by atoms with Crippen molar-refractivity contribution in [1.82, 2.24) is 10.2 Å². The van der Waals surface area contributed by atoms with Gasteiger partial charge < -0.3 is 10.2 Å². The highest BCUT2D eigenvalue weighted by Gasteiger charge is 2.36. The van der Waals surface area contributed by atoms with Gasteiger partial charge in [0.15, 0.2) is 0 Å². The molecule has 1 aliphatic carbocycles. The Labute approximate surface area is 283 Å². The number of carbonyl (C=O) groups excluding carboxylic acids is 2. The summed E-state index contributed by atoms with van der Waals surface area (Å²) < 4.78 is 29.7. The molecule has 7 nitrogen and oxygen atoms in total. The number of rotatable bonds is 13. The Bertz CT molecular complexity index is 1750. The molecule has 9 heteroatoms. The van der Waals surface area contributed by atoms with Crippen molar-refractivity contribution >= 4 is 39.1 Å². The Morgan fingerprint density at radius 3 is 2.06 bits per heavy atom. The molecule has 1 aliphatic rings. The molecule has 1 saturated carbocycles. The van der Waals surface area contributed by atoms with Gasteiger partial charge >= 0.3 is 0 Å². The summed E-state index contributed by atoms with van der Waals surface area (Å²) in [5.74, 6) is -0.761. The van der Waals surface area contributed by atoms with Crippen LogP contribution in [0.15, 0.2) is 114 Å². The number of halogens is 1. The number of nitrogens with zero attached hydrogens (tertiary/aromatic N) is 2. The molecule has 0 heterocycles. The van der Waals surface area contributed by atoms with Crippen molar-refractivity contribution in [2.75, 3.05) is 10.8 Å². The minimum absolute atomic E-state index is 0.0261. The van der Waals surface area contributed by atoms with E-state index in [0.29, 0.717) is 22.7 Å². The standard InChI is InChI=1S/C38H42ClN3O4S/c1-2-30-18-13-15-25-35(30)42(47(45,46)33-22-10-5-11-23-33)28-37(43)41(27-31-19-12-14-24-34(31)39)36(26-29-16-6-3-7-17-29)38(44)40-32-20-8-4-9-21-32/h3,5-7,10-19,22-25,32,36H,2,4,8-9,20-21,26-28H2,1H3,(H,40,44)/t36-/m0/s1. The summed E-state index contributed by atoms with van der Waals surface area (Å²) in [6.07, 6.45) is 5.82. The largest absolute Gasteiger partial charge is 0.352 e. The molecule has 4 aromatic carbocycles. The van der Waals surface area contributed by atoms with Gasteiger partial charge in [-0.15, -0.1) is 0 Å². The molecule has 0 unspecified atom stereocenters. The zero-order valence-corrected chi connectivity index (χ0v) is 28.3. The molecule has 0 spiro atoms. The number of nitrogens with one attached hydrogen (secondary N) is 1. The number of aryl methyl sites for hydroxylation is 1. The van der Waals surface area contributed by atoms with Crippen molar-refractivity contribution < 1.29 is 18.0 Å². The Kier molecular flexibility index (Phi) is 11.7. The van der Waals surface area contributed by atoms with Crippen molar-refractivity contribution in [3.8, 4) is 0 Å². The summed E-state index contributed by atoms with van der Waals surface area (Å²) in [5.41, 5.74) is 2.76. The second-order valence-corrected chi connectivity index (χ2v) is 14.2. The van der Waals surface area contributed by atoms with E-state index in [0.717, 1.165) is 43.2 Å². The third kappa shape index (κ3) is 8.62. The van der Waals surface area contributed by atoms with Gasteiger partial charge in [-0.25, -0.2) is 8.42 Å². The Morgan fingerprint density at radius 2 is 1.40 bits per heavy atom. The second kappa shape index (κ2) is 16.1. The van der Waals surface area contributed by atoms with Gasteiger partial charge in [0, 0.05) is 24.0 Å². The van der Waals surface area contributed by atoms with Crippen LogP contribution in [-0.2, 0) is 39.0 Å². The highest BCUT2D eigenvalue weighted by atomic mass is 35.5. The van der Waals surface area contributed by atoms with E-state index >= 15 is 0 Å². The van der Waals surface area contributed by atoms with Crippen LogP contribution < -0.4 is 9.62 Å². The van der Waals surface area contributed by atoms with Crippen LogP contribution in [-0.4, -0.2) is 43.8 Å². The molecule has 5 rings (SSSR count). The van der Waals surface area contributed by atoms with Gasteiger partial charge in [-0.2, -0.15) is 0 Å². The smallest absolute Gasteiger partial charge is 0.264 e. The molecule has 0 aromatic heterocycles. The monoisotopic (exact) mass is 671 g/mol. The van der Waals surface area contributed by atoms with E-state index in [4.69, 9.17) is 11.6 Å². The minimum atomic E-state index is -4.16. The lowest BCUT2D eigenvalue weighted by molar-refractivity contribution is -0.140.